The largest absolute Gasteiger partial charge is 0.386 e. The van der Waals surface area contributed by atoms with E-state index in [2.05, 4.69) is 20.4 Å². The molecule has 26 heavy (non-hydrogen) atoms. The third-order valence-electron chi connectivity index (χ3n) is 5.17. The SMILES string of the molecule is O=C(NC[C@]1(O)CCCN(c2cnccn2)C1)c1noc2c1CCCC2. The maximum atomic E-state index is 12.5. The molecule has 8 heteroatoms. The predicted molar refractivity (Wildman–Crippen MR) is 93.9 cm³/mol. The highest BCUT2D eigenvalue weighted by atomic mass is 16.5. The van der Waals surface area contributed by atoms with E-state index >= 15 is 0 Å². The van der Waals surface area contributed by atoms with Crippen molar-refractivity contribution in [3.05, 3.63) is 35.6 Å². The molecular formula is C18H23N5O3. The molecule has 3 heterocycles. The quantitative estimate of drug-likeness (QED) is 0.844. The van der Waals surface area contributed by atoms with Gasteiger partial charge < -0.3 is 19.8 Å². The molecule has 1 atom stereocenters. The zero-order chi connectivity index (χ0) is 18.0. The van der Waals surface area contributed by atoms with Gasteiger partial charge in [-0.1, -0.05) is 5.16 Å². The van der Waals surface area contributed by atoms with E-state index in [0.717, 1.165) is 55.8 Å². The fraction of sp³-hybridized carbons (Fsp3) is 0.556. The van der Waals surface area contributed by atoms with Gasteiger partial charge in [0.15, 0.2) is 5.69 Å². The van der Waals surface area contributed by atoms with Crippen LogP contribution in [0.2, 0.25) is 0 Å². The first kappa shape index (κ1) is 17.0. The molecular weight excluding hydrogens is 334 g/mol. The minimum Gasteiger partial charge on any atom is -0.386 e. The first-order chi connectivity index (χ1) is 12.6. The number of rotatable bonds is 4. The van der Waals surface area contributed by atoms with Crippen LogP contribution in [0.1, 0.15) is 47.5 Å². The normalized spacial score (nSPS) is 22.7. The minimum absolute atomic E-state index is 0.171. The van der Waals surface area contributed by atoms with Crippen molar-refractivity contribution in [1.29, 1.82) is 0 Å². The second kappa shape index (κ2) is 7.03. The van der Waals surface area contributed by atoms with E-state index in [-0.39, 0.29) is 12.5 Å². The molecule has 2 N–H and O–H groups in total. The number of piperidine rings is 1. The molecule has 0 saturated carbocycles. The van der Waals surface area contributed by atoms with E-state index in [1.165, 1.54) is 0 Å². The Kier molecular flexibility index (Phi) is 4.58. The summed E-state index contributed by atoms with van der Waals surface area (Å²) in [5.41, 5.74) is 0.283. The van der Waals surface area contributed by atoms with Crippen LogP contribution in [0.5, 0.6) is 0 Å². The number of carbonyl (C=O) groups excluding carboxylic acids is 1. The molecule has 1 aliphatic heterocycles. The van der Waals surface area contributed by atoms with Crippen LogP contribution >= 0.6 is 0 Å². The maximum absolute atomic E-state index is 12.5. The summed E-state index contributed by atoms with van der Waals surface area (Å²) in [6.45, 7) is 1.39. The molecule has 0 spiro atoms. The van der Waals surface area contributed by atoms with Gasteiger partial charge in [-0.3, -0.25) is 9.78 Å². The Bertz CT molecular complexity index is 778. The Hall–Kier alpha value is -2.48. The second-order valence-electron chi connectivity index (χ2n) is 7.14. The fourth-order valence-electron chi connectivity index (χ4n) is 3.80. The molecule has 1 fully saturated rings. The lowest BCUT2D eigenvalue weighted by molar-refractivity contribution is 0.0253. The third kappa shape index (κ3) is 3.41. The average Bonchev–Trinajstić information content (AvgIpc) is 3.11. The van der Waals surface area contributed by atoms with Gasteiger partial charge in [0.25, 0.3) is 5.91 Å². The van der Waals surface area contributed by atoms with Crippen LogP contribution in [0.4, 0.5) is 5.82 Å². The van der Waals surface area contributed by atoms with Gasteiger partial charge in [0.05, 0.1) is 11.8 Å². The van der Waals surface area contributed by atoms with Gasteiger partial charge in [0.2, 0.25) is 0 Å². The summed E-state index contributed by atoms with van der Waals surface area (Å²) in [5, 5.41) is 17.7. The number of hydrogen-bond acceptors (Lipinski definition) is 7. The van der Waals surface area contributed by atoms with E-state index in [9.17, 15) is 9.90 Å². The van der Waals surface area contributed by atoms with Crippen LogP contribution in [0.15, 0.2) is 23.1 Å². The lowest BCUT2D eigenvalue weighted by atomic mass is 9.92. The summed E-state index contributed by atoms with van der Waals surface area (Å²) in [4.78, 5) is 22.9. The fourth-order valence-corrected chi connectivity index (χ4v) is 3.80. The number of carbonyl (C=O) groups is 1. The van der Waals surface area contributed by atoms with E-state index in [1.54, 1.807) is 18.6 Å². The number of aromatic nitrogens is 3. The summed E-state index contributed by atoms with van der Waals surface area (Å²) >= 11 is 0. The molecule has 1 saturated heterocycles. The van der Waals surface area contributed by atoms with Gasteiger partial charge in [0.1, 0.15) is 11.6 Å². The van der Waals surface area contributed by atoms with Crippen molar-refractivity contribution < 1.29 is 14.4 Å². The predicted octanol–water partition coefficient (Wildman–Crippen LogP) is 1.10. The highest BCUT2D eigenvalue weighted by Gasteiger charge is 2.35. The Morgan fingerprint density at radius 3 is 3.04 bits per heavy atom. The van der Waals surface area contributed by atoms with Crippen LogP contribution in [0, 0.1) is 0 Å². The zero-order valence-corrected chi connectivity index (χ0v) is 14.6. The van der Waals surface area contributed by atoms with Gasteiger partial charge in [-0.25, -0.2) is 4.98 Å². The minimum atomic E-state index is -1.00. The highest BCUT2D eigenvalue weighted by Crippen LogP contribution is 2.26. The first-order valence-corrected chi connectivity index (χ1v) is 9.14. The average molecular weight is 357 g/mol. The monoisotopic (exact) mass is 357 g/mol. The Labute approximate surface area is 151 Å². The van der Waals surface area contributed by atoms with Crippen molar-refractivity contribution in [3.63, 3.8) is 0 Å². The van der Waals surface area contributed by atoms with Gasteiger partial charge in [-0.2, -0.15) is 0 Å². The standard InChI is InChI=1S/C18H23N5O3/c24-17(16-13-4-1-2-5-14(13)26-22-16)21-11-18(25)6-3-9-23(12-18)15-10-19-7-8-20-15/h7-8,10,25H,1-6,9,11-12H2,(H,21,24)/t18-/m1/s1. The summed E-state index contributed by atoms with van der Waals surface area (Å²) in [6, 6.07) is 0. The van der Waals surface area contributed by atoms with Crippen molar-refractivity contribution in [3.8, 4) is 0 Å². The summed E-state index contributed by atoms with van der Waals surface area (Å²) in [5.74, 6) is 1.29. The van der Waals surface area contributed by atoms with E-state index in [4.69, 9.17) is 4.52 Å². The van der Waals surface area contributed by atoms with Crippen LogP contribution in [0.3, 0.4) is 0 Å². The first-order valence-electron chi connectivity index (χ1n) is 9.14. The van der Waals surface area contributed by atoms with Crippen molar-refractivity contribution in [2.75, 3.05) is 24.5 Å². The van der Waals surface area contributed by atoms with Gasteiger partial charge in [0, 0.05) is 44.0 Å². The van der Waals surface area contributed by atoms with E-state index < -0.39 is 5.60 Å². The molecule has 0 bridgehead atoms. The van der Waals surface area contributed by atoms with E-state index in [0.29, 0.717) is 18.7 Å². The molecule has 1 amide bonds. The number of β-amino-alcohol motifs (C(OH)–C–C–N with tert-alkyl or cyclic N) is 1. The molecule has 138 valence electrons. The number of nitrogens with zero attached hydrogens (tertiary/aromatic N) is 4. The second-order valence-corrected chi connectivity index (χ2v) is 7.14. The lowest BCUT2D eigenvalue weighted by Crippen LogP contribution is -2.54. The lowest BCUT2D eigenvalue weighted by Gasteiger charge is -2.39. The molecule has 2 aliphatic rings. The zero-order valence-electron chi connectivity index (χ0n) is 14.6. The van der Waals surface area contributed by atoms with Crippen LogP contribution in [-0.4, -0.2) is 51.4 Å². The number of aryl methyl sites for hydroxylation is 1. The maximum Gasteiger partial charge on any atom is 0.273 e. The third-order valence-corrected chi connectivity index (χ3v) is 5.17. The van der Waals surface area contributed by atoms with Crippen LogP contribution in [0.25, 0.3) is 0 Å². The number of anilines is 1. The smallest absolute Gasteiger partial charge is 0.273 e. The topological polar surface area (TPSA) is 104 Å². The molecule has 8 nitrogen and oxygen atoms in total. The molecule has 0 radical (unpaired) electrons. The van der Waals surface area contributed by atoms with Gasteiger partial charge in [-0.15, -0.1) is 0 Å². The van der Waals surface area contributed by atoms with Crippen molar-refractivity contribution in [1.82, 2.24) is 20.4 Å². The summed E-state index contributed by atoms with van der Waals surface area (Å²) < 4.78 is 5.30. The number of hydrogen-bond donors (Lipinski definition) is 2. The molecule has 1 aliphatic carbocycles. The Balaban J connectivity index is 1.40. The van der Waals surface area contributed by atoms with Gasteiger partial charge >= 0.3 is 0 Å². The van der Waals surface area contributed by atoms with Crippen molar-refractivity contribution in [2.24, 2.45) is 0 Å². The number of nitrogens with one attached hydrogen (secondary N) is 1. The molecule has 0 aromatic carbocycles. The Morgan fingerprint density at radius 1 is 1.31 bits per heavy atom. The van der Waals surface area contributed by atoms with Crippen molar-refractivity contribution >= 4 is 11.7 Å². The molecule has 2 aromatic rings. The van der Waals surface area contributed by atoms with Crippen LogP contribution < -0.4 is 10.2 Å². The van der Waals surface area contributed by atoms with Gasteiger partial charge in [-0.05, 0) is 32.1 Å². The molecule has 0 unspecified atom stereocenters. The van der Waals surface area contributed by atoms with Crippen molar-refractivity contribution in [2.45, 2.75) is 44.1 Å². The van der Waals surface area contributed by atoms with E-state index in [1.807, 2.05) is 4.90 Å². The van der Waals surface area contributed by atoms with Crippen LogP contribution in [-0.2, 0) is 12.8 Å². The number of amides is 1. The molecule has 2 aromatic heterocycles. The summed E-state index contributed by atoms with van der Waals surface area (Å²) in [7, 11) is 0. The summed E-state index contributed by atoms with van der Waals surface area (Å²) in [6.07, 6.45) is 10.2. The molecule has 4 rings (SSSR count). The highest BCUT2D eigenvalue weighted by molar-refractivity contribution is 5.93. The number of aliphatic hydroxyl groups is 1. The number of fused-ring (bicyclic) bond motifs is 1. The Morgan fingerprint density at radius 2 is 2.19 bits per heavy atom.